The van der Waals surface area contributed by atoms with Crippen LogP contribution in [0.25, 0.3) is 10.2 Å². The number of aromatic amines is 1. The van der Waals surface area contributed by atoms with Gasteiger partial charge in [-0.2, -0.15) is 0 Å². The molecule has 0 spiro atoms. The van der Waals surface area contributed by atoms with Crippen molar-refractivity contribution in [3.05, 3.63) is 57.0 Å². The van der Waals surface area contributed by atoms with E-state index in [9.17, 15) is 9.59 Å². The number of aryl methyl sites for hydroxylation is 2. The predicted octanol–water partition coefficient (Wildman–Crippen LogP) is 3.65. The summed E-state index contributed by atoms with van der Waals surface area (Å²) in [6.45, 7) is 2.11. The monoisotopic (exact) mass is 437 g/mol. The van der Waals surface area contributed by atoms with Crippen molar-refractivity contribution in [2.24, 2.45) is 0 Å². The van der Waals surface area contributed by atoms with E-state index in [-0.39, 0.29) is 17.6 Å². The molecule has 3 heterocycles. The predicted molar refractivity (Wildman–Crippen MR) is 124 cm³/mol. The Morgan fingerprint density at radius 3 is 2.94 bits per heavy atom. The van der Waals surface area contributed by atoms with Gasteiger partial charge in [0.15, 0.2) is 0 Å². The van der Waals surface area contributed by atoms with E-state index in [4.69, 9.17) is 4.98 Å². The molecule has 2 aromatic heterocycles. The summed E-state index contributed by atoms with van der Waals surface area (Å²) < 4.78 is 0. The Balaban J connectivity index is 1.25. The van der Waals surface area contributed by atoms with Crippen molar-refractivity contribution < 1.29 is 4.79 Å². The van der Waals surface area contributed by atoms with Crippen molar-refractivity contribution in [2.75, 3.05) is 18.4 Å². The van der Waals surface area contributed by atoms with Gasteiger partial charge in [0, 0.05) is 23.2 Å². The van der Waals surface area contributed by atoms with Crippen molar-refractivity contribution in [1.29, 1.82) is 0 Å². The maximum Gasteiger partial charge on any atom is 0.319 e. The highest BCUT2D eigenvalue weighted by Gasteiger charge is 2.25. The first-order valence-corrected chi connectivity index (χ1v) is 11.9. The second-order valence-corrected chi connectivity index (χ2v) is 9.45. The van der Waals surface area contributed by atoms with Crippen LogP contribution in [0.4, 0.5) is 10.5 Å². The highest BCUT2D eigenvalue weighted by molar-refractivity contribution is 7.18. The van der Waals surface area contributed by atoms with Crippen LogP contribution < -0.4 is 16.2 Å². The number of hydrogen-bond acceptors (Lipinski definition) is 5. The Hall–Kier alpha value is -2.71. The number of H-pyrrole nitrogens is 1. The van der Waals surface area contributed by atoms with E-state index < -0.39 is 0 Å². The normalized spacial score (nSPS) is 18.8. The zero-order chi connectivity index (χ0) is 21.2. The minimum atomic E-state index is -0.197. The quantitative estimate of drug-likeness (QED) is 0.568. The van der Waals surface area contributed by atoms with Crippen molar-refractivity contribution in [3.63, 3.8) is 0 Å². The van der Waals surface area contributed by atoms with Gasteiger partial charge in [-0.3, -0.25) is 9.69 Å². The van der Waals surface area contributed by atoms with Crippen LogP contribution in [0.5, 0.6) is 0 Å². The third-order valence-corrected chi connectivity index (χ3v) is 7.44. The molecule has 1 atom stereocenters. The van der Waals surface area contributed by atoms with Crippen molar-refractivity contribution >= 4 is 33.3 Å². The summed E-state index contributed by atoms with van der Waals surface area (Å²) in [4.78, 5) is 37.4. The summed E-state index contributed by atoms with van der Waals surface area (Å²) in [5.41, 5.74) is 1.98. The second kappa shape index (κ2) is 8.80. The number of rotatable bonds is 5. The third kappa shape index (κ3) is 4.36. The molecular formula is C23H27N5O2S. The van der Waals surface area contributed by atoms with Crippen LogP contribution >= 0.6 is 11.3 Å². The number of benzene rings is 1. The first kappa shape index (κ1) is 20.2. The Morgan fingerprint density at radius 2 is 2.06 bits per heavy atom. The number of carbonyl (C=O) groups excluding carboxylic acids is 1. The Morgan fingerprint density at radius 1 is 1.19 bits per heavy atom. The number of fused-ring (bicyclic) bond motifs is 3. The first-order valence-electron chi connectivity index (χ1n) is 11.0. The molecule has 31 heavy (non-hydrogen) atoms. The fourth-order valence-electron chi connectivity index (χ4n) is 4.72. The van der Waals surface area contributed by atoms with Gasteiger partial charge in [-0.25, -0.2) is 9.78 Å². The molecule has 2 aliphatic rings. The maximum atomic E-state index is 12.8. The van der Waals surface area contributed by atoms with Crippen LogP contribution in [0.2, 0.25) is 0 Å². The van der Waals surface area contributed by atoms with E-state index in [2.05, 4.69) is 20.5 Å². The average molecular weight is 438 g/mol. The van der Waals surface area contributed by atoms with E-state index in [0.29, 0.717) is 13.1 Å². The minimum absolute atomic E-state index is 0.00618. The lowest BCUT2D eigenvalue weighted by Crippen LogP contribution is -2.47. The van der Waals surface area contributed by atoms with Gasteiger partial charge < -0.3 is 15.6 Å². The molecule has 0 bridgehead atoms. The maximum absolute atomic E-state index is 12.8. The van der Waals surface area contributed by atoms with Crippen LogP contribution in [0, 0.1) is 0 Å². The zero-order valence-corrected chi connectivity index (χ0v) is 18.3. The topological polar surface area (TPSA) is 90.1 Å². The molecule has 3 N–H and O–H groups in total. The lowest BCUT2D eigenvalue weighted by atomic mass is 10.0. The zero-order valence-electron chi connectivity index (χ0n) is 17.4. The van der Waals surface area contributed by atoms with Crippen molar-refractivity contribution in [2.45, 2.75) is 51.1 Å². The number of likely N-dealkylation sites (tertiary alicyclic amines) is 1. The molecule has 0 unspecified atom stereocenters. The molecule has 0 radical (unpaired) electrons. The van der Waals surface area contributed by atoms with Gasteiger partial charge in [-0.05, 0) is 56.3 Å². The molecule has 5 rings (SSSR count). The van der Waals surface area contributed by atoms with E-state index in [1.54, 1.807) is 11.3 Å². The smallest absolute Gasteiger partial charge is 0.319 e. The summed E-state index contributed by atoms with van der Waals surface area (Å²) in [5.74, 6) is 0.720. The SMILES string of the molecule is O=C(NC[C@H]1CCCCN1Cc1nc2sc3c(c2c(=O)[nH]1)CCC3)Nc1ccccc1. The molecule has 1 saturated heterocycles. The number of nitrogens with zero attached hydrogens (tertiary/aromatic N) is 2. The number of piperidine rings is 1. The molecule has 2 amide bonds. The number of amides is 2. The summed E-state index contributed by atoms with van der Waals surface area (Å²) in [7, 11) is 0. The van der Waals surface area contributed by atoms with Crippen LogP contribution in [0.15, 0.2) is 35.1 Å². The van der Waals surface area contributed by atoms with E-state index in [0.717, 1.165) is 66.8 Å². The number of aromatic nitrogens is 2. The molecule has 8 heteroatoms. The van der Waals surface area contributed by atoms with Gasteiger partial charge >= 0.3 is 6.03 Å². The lowest BCUT2D eigenvalue weighted by molar-refractivity contribution is 0.135. The van der Waals surface area contributed by atoms with E-state index >= 15 is 0 Å². The van der Waals surface area contributed by atoms with Crippen LogP contribution in [0.1, 0.15) is 41.9 Å². The van der Waals surface area contributed by atoms with Crippen LogP contribution in [0.3, 0.4) is 0 Å². The number of nitrogens with one attached hydrogen (secondary N) is 3. The number of para-hydroxylation sites is 1. The molecule has 1 aromatic carbocycles. The number of thiophene rings is 1. The molecule has 7 nitrogen and oxygen atoms in total. The molecule has 162 valence electrons. The standard InChI is InChI=1S/C23H27N5O2S/c29-21-20-17-10-6-11-18(17)31-22(20)27-19(26-21)14-28-12-5-4-9-16(28)13-24-23(30)25-15-7-2-1-3-8-15/h1-3,7-8,16H,4-6,9-14H2,(H2,24,25,30)(H,26,27,29)/t16-/m1/s1. The number of hydrogen-bond donors (Lipinski definition) is 3. The van der Waals surface area contributed by atoms with E-state index in [1.807, 2.05) is 30.3 Å². The summed E-state index contributed by atoms with van der Waals surface area (Å²) in [6.07, 6.45) is 6.47. The molecular weight excluding hydrogens is 410 g/mol. The molecule has 1 aliphatic heterocycles. The fourth-order valence-corrected chi connectivity index (χ4v) is 6.00. The van der Waals surface area contributed by atoms with Gasteiger partial charge in [-0.15, -0.1) is 11.3 Å². The minimum Gasteiger partial charge on any atom is -0.336 e. The molecule has 1 fully saturated rings. The summed E-state index contributed by atoms with van der Waals surface area (Å²) in [6, 6.07) is 9.47. The van der Waals surface area contributed by atoms with Gasteiger partial charge in [0.05, 0.1) is 11.9 Å². The third-order valence-electron chi connectivity index (χ3n) is 6.26. The Bertz CT molecular complexity index is 1140. The summed E-state index contributed by atoms with van der Waals surface area (Å²) >= 11 is 1.68. The Kier molecular flexibility index (Phi) is 5.74. The average Bonchev–Trinajstić information content (AvgIpc) is 3.35. The van der Waals surface area contributed by atoms with Crippen molar-refractivity contribution in [1.82, 2.24) is 20.2 Å². The number of carbonyl (C=O) groups is 1. The van der Waals surface area contributed by atoms with Gasteiger partial charge in [0.2, 0.25) is 0 Å². The van der Waals surface area contributed by atoms with Gasteiger partial charge in [0.1, 0.15) is 10.7 Å². The number of anilines is 1. The Labute approximate surface area is 184 Å². The molecule has 0 saturated carbocycles. The van der Waals surface area contributed by atoms with Gasteiger partial charge in [0.25, 0.3) is 5.56 Å². The van der Waals surface area contributed by atoms with Crippen LogP contribution in [-0.4, -0.2) is 40.0 Å². The van der Waals surface area contributed by atoms with Gasteiger partial charge in [-0.1, -0.05) is 24.6 Å². The van der Waals surface area contributed by atoms with Crippen molar-refractivity contribution in [3.8, 4) is 0 Å². The largest absolute Gasteiger partial charge is 0.336 e. The highest BCUT2D eigenvalue weighted by Crippen LogP contribution is 2.34. The highest BCUT2D eigenvalue weighted by atomic mass is 32.1. The fraction of sp³-hybridized carbons (Fsp3) is 0.435. The first-order chi connectivity index (χ1) is 15.2. The summed E-state index contributed by atoms with van der Waals surface area (Å²) in [5, 5.41) is 6.67. The molecule has 3 aromatic rings. The second-order valence-electron chi connectivity index (χ2n) is 8.37. The lowest BCUT2D eigenvalue weighted by Gasteiger charge is -2.35. The van der Waals surface area contributed by atoms with Crippen LogP contribution in [-0.2, 0) is 19.4 Å². The number of urea groups is 1. The van der Waals surface area contributed by atoms with E-state index in [1.165, 1.54) is 10.4 Å². The molecule has 1 aliphatic carbocycles.